The van der Waals surface area contributed by atoms with Gasteiger partial charge in [0.05, 0.1) is 0 Å². The van der Waals surface area contributed by atoms with Gasteiger partial charge in [0.1, 0.15) is 9.84 Å². The van der Waals surface area contributed by atoms with Crippen molar-refractivity contribution < 1.29 is 41.1 Å². The molecule has 0 saturated carbocycles. The molecular formula is C3H7O2SY-. The van der Waals surface area contributed by atoms with Gasteiger partial charge in [-0.25, -0.2) is 8.42 Å². The molecule has 4 heteroatoms. The maximum atomic E-state index is 9.94. The van der Waals surface area contributed by atoms with Crippen LogP contribution in [0.15, 0.2) is 0 Å². The molecule has 0 aromatic heterocycles. The van der Waals surface area contributed by atoms with E-state index in [2.05, 4.69) is 6.92 Å². The fourth-order valence-corrected chi connectivity index (χ4v) is 0. The molecular weight excluding hydrogens is 189 g/mol. The minimum Gasteiger partial charge on any atom is -0.329 e. The van der Waals surface area contributed by atoms with Crippen LogP contribution in [0, 0.1) is 6.92 Å². The van der Waals surface area contributed by atoms with Crippen molar-refractivity contribution in [3.8, 4) is 0 Å². The van der Waals surface area contributed by atoms with Crippen molar-refractivity contribution in [1.29, 1.82) is 0 Å². The zero-order valence-electron chi connectivity index (χ0n) is 4.22. The smallest absolute Gasteiger partial charge is 0.119 e. The first-order chi connectivity index (χ1) is 2.56. The van der Waals surface area contributed by atoms with Gasteiger partial charge in [-0.2, -0.15) is 0 Å². The minimum absolute atomic E-state index is 0. The van der Waals surface area contributed by atoms with Crippen LogP contribution in [0.25, 0.3) is 0 Å². The molecule has 0 aliphatic carbocycles. The molecule has 0 spiro atoms. The van der Waals surface area contributed by atoms with Gasteiger partial charge in [0, 0.05) is 39.0 Å². The quantitative estimate of drug-likeness (QED) is 0.547. The molecule has 0 aliphatic heterocycles. The maximum Gasteiger partial charge on any atom is 0.119 e. The second kappa shape index (κ2) is 3.99. The zero-order chi connectivity index (χ0) is 5.21. The largest absolute Gasteiger partial charge is 0.329 e. The summed E-state index contributed by atoms with van der Waals surface area (Å²) < 4.78 is 19.9. The SMILES string of the molecule is [CH2-]CS(C)(=O)=O.[Y]. The van der Waals surface area contributed by atoms with Gasteiger partial charge in [-0.15, -0.1) is 0 Å². The number of hydrogen-bond acceptors (Lipinski definition) is 2. The summed E-state index contributed by atoms with van der Waals surface area (Å²) in [6.07, 6.45) is 1.15. The third-order valence-corrected chi connectivity index (χ3v) is 1.11. The first kappa shape index (κ1) is 10.9. The molecule has 0 atom stereocenters. The number of hydrogen-bond donors (Lipinski definition) is 0. The molecule has 0 heterocycles. The van der Waals surface area contributed by atoms with Gasteiger partial charge in [0.25, 0.3) is 0 Å². The summed E-state index contributed by atoms with van der Waals surface area (Å²) in [6.45, 7) is 3.17. The molecule has 0 aromatic rings. The monoisotopic (exact) mass is 196 g/mol. The van der Waals surface area contributed by atoms with Crippen LogP contribution in [-0.4, -0.2) is 20.4 Å². The Morgan fingerprint density at radius 3 is 1.71 bits per heavy atom. The molecule has 0 fully saturated rings. The van der Waals surface area contributed by atoms with Gasteiger partial charge in [0.2, 0.25) is 0 Å². The molecule has 0 bridgehead atoms. The molecule has 0 saturated heterocycles. The van der Waals surface area contributed by atoms with Crippen LogP contribution in [0.3, 0.4) is 0 Å². The average Bonchev–Trinajstić information content (AvgIpc) is 1.35. The summed E-state index contributed by atoms with van der Waals surface area (Å²) >= 11 is 0. The van der Waals surface area contributed by atoms with Crippen molar-refractivity contribution in [3.05, 3.63) is 6.92 Å². The van der Waals surface area contributed by atoms with Crippen LogP contribution < -0.4 is 0 Å². The Labute approximate surface area is 69.5 Å². The summed E-state index contributed by atoms with van der Waals surface area (Å²) in [7, 11) is -2.77. The summed E-state index contributed by atoms with van der Waals surface area (Å²) in [5, 5.41) is 0. The van der Waals surface area contributed by atoms with E-state index in [0.717, 1.165) is 6.26 Å². The van der Waals surface area contributed by atoms with E-state index in [4.69, 9.17) is 0 Å². The molecule has 0 N–H and O–H groups in total. The second-order valence-electron chi connectivity index (χ2n) is 1.13. The Kier molecular flexibility index (Phi) is 6.23. The molecule has 0 amide bonds. The molecule has 0 aliphatic rings. The maximum absolute atomic E-state index is 9.94. The topological polar surface area (TPSA) is 34.1 Å². The zero-order valence-corrected chi connectivity index (χ0v) is 7.87. The molecule has 0 rings (SSSR count). The number of sulfone groups is 1. The molecule has 7 heavy (non-hydrogen) atoms. The standard InChI is InChI=1S/C3H7O2S.Y/c1-3-6(2,4)5;/h1,3H2,2H3;/q-1;. The third-order valence-electron chi connectivity index (χ3n) is 0.371. The average molecular weight is 196 g/mol. The molecule has 41 valence electrons. The molecule has 0 aromatic carbocycles. The van der Waals surface area contributed by atoms with Gasteiger partial charge in [-0.05, 0) is 0 Å². The molecule has 1 radical (unpaired) electrons. The normalized spacial score (nSPS) is 10.0. The fourth-order valence-electron chi connectivity index (χ4n) is 0. The number of rotatable bonds is 1. The van der Waals surface area contributed by atoms with E-state index in [1.165, 1.54) is 0 Å². The van der Waals surface area contributed by atoms with E-state index in [1.54, 1.807) is 0 Å². The molecule has 0 unspecified atom stereocenters. The van der Waals surface area contributed by atoms with E-state index in [1.807, 2.05) is 0 Å². The van der Waals surface area contributed by atoms with Crippen molar-refractivity contribution in [2.45, 2.75) is 0 Å². The summed E-state index contributed by atoms with van der Waals surface area (Å²) in [4.78, 5) is 0. The molecule has 2 nitrogen and oxygen atoms in total. The first-order valence-corrected chi connectivity index (χ1v) is 3.59. The Morgan fingerprint density at radius 1 is 1.57 bits per heavy atom. The summed E-state index contributed by atoms with van der Waals surface area (Å²) in [5.41, 5.74) is 0. The van der Waals surface area contributed by atoms with Crippen LogP contribution in [0.2, 0.25) is 0 Å². The Balaban J connectivity index is 0. The fraction of sp³-hybridized carbons (Fsp3) is 0.667. The predicted molar refractivity (Wildman–Crippen MR) is 25.1 cm³/mol. The van der Waals surface area contributed by atoms with Crippen molar-refractivity contribution in [1.82, 2.24) is 0 Å². The van der Waals surface area contributed by atoms with Crippen LogP contribution in [0.5, 0.6) is 0 Å². The third kappa shape index (κ3) is 11.0. The van der Waals surface area contributed by atoms with Crippen molar-refractivity contribution in [2.24, 2.45) is 0 Å². The van der Waals surface area contributed by atoms with Gasteiger partial charge in [-0.1, -0.05) is 5.75 Å². The van der Waals surface area contributed by atoms with Crippen molar-refractivity contribution in [3.63, 3.8) is 0 Å². The van der Waals surface area contributed by atoms with Crippen LogP contribution in [0.1, 0.15) is 0 Å². The van der Waals surface area contributed by atoms with Gasteiger partial charge in [0.15, 0.2) is 0 Å². The van der Waals surface area contributed by atoms with Crippen molar-refractivity contribution >= 4 is 9.84 Å². The van der Waals surface area contributed by atoms with E-state index < -0.39 is 9.84 Å². The van der Waals surface area contributed by atoms with E-state index in [9.17, 15) is 8.42 Å². The minimum atomic E-state index is -2.77. The predicted octanol–water partition coefficient (Wildman–Crippen LogP) is -0.137. The van der Waals surface area contributed by atoms with Gasteiger partial charge >= 0.3 is 0 Å². The van der Waals surface area contributed by atoms with Gasteiger partial charge < -0.3 is 6.92 Å². The second-order valence-corrected chi connectivity index (χ2v) is 3.39. The van der Waals surface area contributed by atoms with E-state index >= 15 is 0 Å². The van der Waals surface area contributed by atoms with Gasteiger partial charge in [-0.3, -0.25) is 0 Å². The van der Waals surface area contributed by atoms with Crippen LogP contribution in [0.4, 0.5) is 0 Å². The summed E-state index contributed by atoms with van der Waals surface area (Å²) in [6, 6.07) is 0. The summed E-state index contributed by atoms with van der Waals surface area (Å²) in [5.74, 6) is -0.00694. The first-order valence-electron chi connectivity index (χ1n) is 1.53. The van der Waals surface area contributed by atoms with Crippen LogP contribution in [-0.2, 0) is 42.5 Å². The Morgan fingerprint density at radius 2 is 1.71 bits per heavy atom. The Bertz CT molecular complexity index is 115. The van der Waals surface area contributed by atoms with Crippen molar-refractivity contribution in [2.75, 3.05) is 12.0 Å². The van der Waals surface area contributed by atoms with E-state index in [0.29, 0.717) is 0 Å². The van der Waals surface area contributed by atoms with Crippen LogP contribution >= 0.6 is 0 Å². The Hall–Kier alpha value is 1.05. The van der Waals surface area contributed by atoms with E-state index in [-0.39, 0.29) is 38.5 Å².